The summed E-state index contributed by atoms with van der Waals surface area (Å²) in [4.78, 5) is 3.89. The maximum atomic E-state index is 8.68. The van der Waals surface area contributed by atoms with Crippen molar-refractivity contribution in [3.8, 4) is 6.07 Å². The molecule has 2 aromatic rings. The highest BCUT2D eigenvalue weighted by Gasteiger charge is 2.20. The molecular weight excluding hydrogens is 222 g/mol. The van der Waals surface area contributed by atoms with Crippen LogP contribution in [0.2, 0.25) is 0 Å². The van der Waals surface area contributed by atoms with Gasteiger partial charge in [-0.25, -0.2) is 9.67 Å². The lowest BCUT2D eigenvalue weighted by Gasteiger charge is -2.19. The van der Waals surface area contributed by atoms with Crippen molar-refractivity contribution < 1.29 is 0 Å². The Morgan fingerprint density at radius 3 is 2.94 bits per heavy atom. The molecule has 0 aromatic carbocycles. The fourth-order valence-corrected chi connectivity index (χ4v) is 2.29. The summed E-state index contributed by atoms with van der Waals surface area (Å²) < 4.78 is 1.64. The molecule has 2 N–H and O–H groups in total. The standard InChI is InChI=1S/C10H11N5S/c1-7(12)10(8-2-3-16-5-8)15-6-13-9(4-11)14-15/h2-3,5-7,10H,12H2,1H3. The van der Waals surface area contributed by atoms with Crippen molar-refractivity contribution in [3.05, 3.63) is 34.5 Å². The zero-order valence-electron chi connectivity index (χ0n) is 8.74. The van der Waals surface area contributed by atoms with E-state index in [-0.39, 0.29) is 17.9 Å². The smallest absolute Gasteiger partial charge is 0.252 e. The largest absolute Gasteiger partial charge is 0.326 e. The summed E-state index contributed by atoms with van der Waals surface area (Å²) in [5.74, 6) is 0.167. The highest BCUT2D eigenvalue weighted by Crippen LogP contribution is 2.22. The maximum absolute atomic E-state index is 8.68. The van der Waals surface area contributed by atoms with E-state index in [1.807, 2.05) is 29.8 Å². The predicted molar refractivity (Wildman–Crippen MR) is 60.8 cm³/mol. The van der Waals surface area contributed by atoms with Gasteiger partial charge in [0, 0.05) is 6.04 Å². The Hall–Kier alpha value is -1.71. The molecule has 0 saturated carbocycles. The SMILES string of the molecule is CC(N)C(c1ccsc1)n1cnc(C#N)n1. The molecule has 0 saturated heterocycles. The van der Waals surface area contributed by atoms with Gasteiger partial charge in [-0.2, -0.15) is 16.6 Å². The van der Waals surface area contributed by atoms with Crippen LogP contribution in [0.4, 0.5) is 0 Å². The average Bonchev–Trinajstić information content (AvgIpc) is 2.88. The first-order valence-corrected chi connectivity index (χ1v) is 5.75. The van der Waals surface area contributed by atoms with Crippen LogP contribution < -0.4 is 5.73 Å². The minimum Gasteiger partial charge on any atom is -0.326 e. The van der Waals surface area contributed by atoms with Crippen LogP contribution in [0.3, 0.4) is 0 Å². The third-order valence-corrected chi connectivity index (χ3v) is 2.98. The van der Waals surface area contributed by atoms with Gasteiger partial charge >= 0.3 is 0 Å². The lowest BCUT2D eigenvalue weighted by molar-refractivity contribution is 0.453. The molecule has 5 nitrogen and oxygen atoms in total. The van der Waals surface area contributed by atoms with Gasteiger partial charge in [0.1, 0.15) is 12.4 Å². The summed E-state index contributed by atoms with van der Waals surface area (Å²) in [6, 6.07) is 3.75. The third kappa shape index (κ3) is 1.96. The van der Waals surface area contributed by atoms with Crippen LogP contribution in [0.15, 0.2) is 23.2 Å². The van der Waals surface area contributed by atoms with E-state index in [4.69, 9.17) is 11.0 Å². The lowest BCUT2D eigenvalue weighted by atomic mass is 10.1. The van der Waals surface area contributed by atoms with Crippen LogP contribution in [-0.4, -0.2) is 20.8 Å². The second-order valence-electron chi connectivity index (χ2n) is 3.52. The van der Waals surface area contributed by atoms with Gasteiger partial charge < -0.3 is 5.73 Å². The van der Waals surface area contributed by atoms with Gasteiger partial charge in [-0.05, 0) is 29.3 Å². The van der Waals surface area contributed by atoms with Crippen LogP contribution in [0, 0.1) is 11.3 Å². The van der Waals surface area contributed by atoms with Gasteiger partial charge in [0.05, 0.1) is 6.04 Å². The van der Waals surface area contributed by atoms with Gasteiger partial charge in [-0.1, -0.05) is 0 Å². The molecule has 0 aliphatic rings. The molecule has 2 aromatic heterocycles. The fourth-order valence-electron chi connectivity index (χ4n) is 1.60. The maximum Gasteiger partial charge on any atom is 0.252 e. The van der Waals surface area contributed by atoms with Crippen molar-refractivity contribution in [2.75, 3.05) is 0 Å². The Bertz CT molecular complexity index is 494. The van der Waals surface area contributed by atoms with Crippen molar-refractivity contribution in [2.45, 2.75) is 19.0 Å². The van der Waals surface area contributed by atoms with E-state index in [1.54, 1.807) is 22.3 Å². The van der Waals surface area contributed by atoms with Crippen LogP contribution in [0.1, 0.15) is 24.4 Å². The van der Waals surface area contributed by atoms with E-state index < -0.39 is 0 Å². The monoisotopic (exact) mass is 233 g/mol. The van der Waals surface area contributed by atoms with Crippen molar-refractivity contribution in [1.82, 2.24) is 14.8 Å². The Balaban J connectivity index is 2.38. The Kier molecular flexibility index (Phi) is 2.99. The minimum absolute atomic E-state index is 0.0687. The van der Waals surface area contributed by atoms with Crippen molar-refractivity contribution >= 4 is 11.3 Å². The second-order valence-corrected chi connectivity index (χ2v) is 4.30. The number of aromatic nitrogens is 3. The summed E-state index contributed by atoms with van der Waals surface area (Å²) in [6.07, 6.45) is 1.55. The quantitative estimate of drug-likeness (QED) is 0.862. The number of nitrogens with two attached hydrogens (primary N) is 1. The van der Waals surface area contributed by atoms with Gasteiger partial charge in [0.15, 0.2) is 0 Å². The van der Waals surface area contributed by atoms with E-state index in [9.17, 15) is 0 Å². The van der Waals surface area contributed by atoms with Crippen molar-refractivity contribution in [3.63, 3.8) is 0 Å². The first-order chi connectivity index (χ1) is 7.72. The second kappa shape index (κ2) is 4.43. The van der Waals surface area contributed by atoms with E-state index in [1.165, 1.54) is 0 Å². The molecule has 0 bridgehead atoms. The number of hydrogen-bond acceptors (Lipinski definition) is 5. The molecule has 2 atom stereocenters. The van der Waals surface area contributed by atoms with Gasteiger partial charge in [0.2, 0.25) is 0 Å². The zero-order chi connectivity index (χ0) is 11.5. The Labute approximate surface area is 97.1 Å². The first kappa shape index (κ1) is 10.8. The molecule has 0 amide bonds. The summed E-state index contributed by atoms with van der Waals surface area (Å²) in [6.45, 7) is 1.91. The van der Waals surface area contributed by atoms with E-state index >= 15 is 0 Å². The summed E-state index contributed by atoms with van der Waals surface area (Å²) in [5, 5.41) is 16.8. The molecule has 6 heteroatoms. The Morgan fingerprint density at radius 2 is 2.44 bits per heavy atom. The zero-order valence-corrected chi connectivity index (χ0v) is 9.56. The van der Waals surface area contributed by atoms with Crippen LogP contribution in [0.5, 0.6) is 0 Å². The fraction of sp³-hybridized carbons (Fsp3) is 0.300. The molecule has 0 fully saturated rings. The number of nitriles is 1. The number of rotatable bonds is 3. The third-order valence-electron chi connectivity index (χ3n) is 2.28. The topological polar surface area (TPSA) is 80.5 Å². The van der Waals surface area contributed by atoms with Gasteiger partial charge in [0.25, 0.3) is 5.82 Å². The first-order valence-electron chi connectivity index (χ1n) is 4.81. The molecule has 2 rings (SSSR count). The summed E-state index contributed by atoms with van der Waals surface area (Å²) in [5.41, 5.74) is 7.04. The molecule has 0 aliphatic heterocycles. The Morgan fingerprint density at radius 1 is 1.62 bits per heavy atom. The van der Waals surface area contributed by atoms with E-state index in [2.05, 4.69) is 10.1 Å². The van der Waals surface area contributed by atoms with Gasteiger partial charge in [-0.3, -0.25) is 0 Å². The molecule has 0 spiro atoms. The van der Waals surface area contributed by atoms with E-state index in [0.29, 0.717) is 0 Å². The van der Waals surface area contributed by atoms with E-state index in [0.717, 1.165) is 5.56 Å². The summed E-state index contributed by atoms with van der Waals surface area (Å²) >= 11 is 1.61. The molecule has 82 valence electrons. The number of thiophene rings is 1. The molecule has 16 heavy (non-hydrogen) atoms. The number of hydrogen-bond donors (Lipinski definition) is 1. The van der Waals surface area contributed by atoms with Crippen LogP contribution in [0.25, 0.3) is 0 Å². The van der Waals surface area contributed by atoms with Crippen molar-refractivity contribution in [1.29, 1.82) is 5.26 Å². The van der Waals surface area contributed by atoms with Crippen LogP contribution in [-0.2, 0) is 0 Å². The highest BCUT2D eigenvalue weighted by atomic mass is 32.1. The molecule has 2 unspecified atom stereocenters. The number of nitrogens with zero attached hydrogens (tertiary/aromatic N) is 4. The molecular formula is C10H11N5S. The molecule has 2 heterocycles. The molecule has 0 radical (unpaired) electrons. The normalized spacial score (nSPS) is 14.3. The average molecular weight is 233 g/mol. The lowest BCUT2D eigenvalue weighted by Crippen LogP contribution is -2.30. The van der Waals surface area contributed by atoms with Crippen molar-refractivity contribution in [2.24, 2.45) is 5.73 Å². The van der Waals surface area contributed by atoms with Gasteiger partial charge in [-0.15, -0.1) is 5.10 Å². The highest BCUT2D eigenvalue weighted by molar-refractivity contribution is 7.07. The molecule has 0 aliphatic carbocycles. The predicted octanol–water partition coefficient (Wildman–Crippen LogP) is 1.15. The van der Waals surface area contributed by atoms with Crippen LogP contribution >= 0.6 is 11.3 Å². The minimum atomic E-state index is -0.0946. The summed E-state index contributed by atoms with van der Waals surface area (Å²) in [7, 11) is 0.